The van der Waals surface area contributed by atoms with Crippen molar-refractivity contribution in [1.29, 1.82) is 0 Å². The van der Waals surface area contributed by atoms with Crippen molar-refractivity contribution in [1.82, 2.24) is 0 Å². The van der Waals surface area contributed by atoms with Gasteiger partial charge in [0.1, 0.15) is 5.75 Å². The van der Waals surface area contributed by atoms with Gasteiger partial charge in [0.2, 0.25) is 0 Å². The van der Waals surface area contributed by atoms with Crippen molar-refractivity contribution in [3.63, 3.8) is 0 Å². The minimum atomic E-state index is -3.00. The molecule has 0 aliphatic heterocycles. The Hall–Kier alpha value is -2.19. The SMILES string of the molecule is CCCCCCCCC(c1ccccc1)(c1ccccc1)c1ccccc1OP([O-])[O-]. The predicted molar refractivity (Wildman–Crippen MR) is 125 cm³/mol. The second kappa shape index (κ2) is 12.0. The fraction of sp³-hybridized carbons (Fsp3) is 0.333. The summed E-state index contributed by atoms with van der Waals surface area (Å²) in [5, 5.41) is 0. The molecular weight excluding hydrogens is 403 g/mol. The monoisotopic (exact) mass is 434 g/mol. The molecule has 0 N–H and O–H groups in total. The lowest BCUT2D eigenvalue weighted by Gasteiger charge is -2.39. The number of para-hydroxylation sites is 1. The Balaban J connectivity index is 2.10. The highest BCUT2D eigenvalue weighted by atomic mass is 31.2. The zero-order valence-electron chi connectivity index (χ0n) is 18.2. The van der Waals surface area contributed by atoms with Gasteiger partial charge in [-0.15, -0.1) is 0 Å². The number of hydrogen-bond acceptors (Lipinski definition) is 3. The van der Waals surface area contributed by atoms with Crippen LogP contribution in [0.15, 0.2) is 84.9 Å². The third kappa shape index (κ3) is 5.95. The van der Waals surface area contributed by atoms with Crippen molar-refractivity contribution in [2.45, 2.75) is 57.3 Å². The van der Waals surface area contributed by atoms with E-state index in [1.54, 1.807) is 6.07 Å². The Morgan fingerprint density at radius 1 is 0.677 bits per heavy atom. The second-order valence-corrected chi connectivity index (χ2v) is 8.60. The highest BCUT2D eigenvalue weighted by molar-refractivity contribution is 7.36. The Labute approximate surface area is 187 Å². The molecule has 0 amide bonds. The summed E-state index contributed by atoms with van der Waals surface area (Å²) in [4.78, 5) is 23.0. The first-order valence-electron chi connectivity index (χ1n) is 11.2. The maximum atomic E-state index is 11.5. The normalized spacial score (nSPS) is 11.6. The molecule has 3 aromatic rings. The Morgan fingerprint density at radius 3 is 1.77 bits per heavy atom. The van der Waals surface area contributed by atoms with Gasteiger partial charge in [-0.05, 0) is 23.6 Å². The molecule has 3 aromatic carbocycles. The summed E-state index contributed by atoms with van der Waals surface area (Å²) < 4.78 is 5.31. The Kier molecular flexibility index (Phi) is 9.09. The third-order valence-electron chi connectivity index (χ3n) is 5.96. The zero-order chi connectivity index (χ0) is 21.9. The molecule has 164 valence electrons. The summed E-state index contributed by atoms with van der Waals surface area (Å²) in [5.74, 6) is 0.400. The Morgan fingerprint density at radius 2 is 1.19 bits per heavy atom. The van der Waals surface area contributed by atoms with Gasteiger partial charge in [0, 0.05) is 11.0 Å². The molecular formula is C27H31O3P-2. The molecule has 0 heterocycles. The molecule has 0 bridgehead atoms. The van der Waals surface area contributed by atoms with Gasteiger partial charge < -0.3 is 14.3 Å². The average molecular weight is 435 g/mol. The van der Waals surface area contributed by atoms with Gasteiger partial charge in [-0.2, -0.15) is 0 Å². The second-order valence-electron chi connectivity index (χ2n) is 7.97. The lowest BCUT2D eigenvalue weighted by atomic mass is 9.66. The average Bonchev–Trinajstić information content (AvgIpc) is 2.80. The molecule has 4 heteroatoms. The van der Waals surface area contributed by atoms with Crippen molar-refractivity contribution in [3.05, 3.63) is 102 Å². The van der Waals surface area contributed by atoms with E-state index in [0.29, 0.717) is 5.75 Å². The molecule has 0 saturated carbocycles. The van der Waals surface area contributed by atoms with Gasteiger partial charge in [-0.1, -0.05) is 133 Å². The van der Waals surface area contributed by atoms with Crippen molar-refractivity contribution >= 4 is 8.60 Å². The molecule has 0 saturated heterocycles. The minimum absolute atomic E-state index is 0.400. The predicted octanol–water partition coefficient (Wildman–Crippen LogP) is 6.10. The van der Waals surface area contributed by atoms with Gasteiger partial charge in [0.25, 0.3) is 0 Å². The molecule has 3 rings (SSSR count). The number of hydrogen-bond donors (Lipinski definition) is 0. The van der Waals surface area contributed by atoms with Crippen LogP contribution in [0, 0.1) is 0 Å². The van der Waals surface area contributed by atoms with Crippen LogP contribution in [0.3, 0.4) is 0 Å². The van der Waals surface area contributed by atoms with Crippen molar-refractivity contribution in [3.8, 4) is 5.75 Å². The van der Waals surface area contributed by atoms with Gasteiger partial charge in [0.05, 0.1) is 0 Å². The molecule has 0 fully saturated rings. The van der Waals surface area contributed by atoms with Crippen LogP contribution in [0.25, 0.3) is 0 Å². The molecule has 31 heavy (non-hydrogen) atoms. The Bertz CT molecular complexity index is 857. The van der Waals surface area contributed by atoms with E-state index in [1.807, 2.05) is 54.6 Å². The van der Waals surface area contributed by atoms with Crippen LogP contribution in [-0.4, -0.2) is 0 Å². The van der Waals surface area contributed by atoms with E-state index in [-0.39, 0.29) is 0 Å². The third-order valence-corrected chi connectivity index (χ3v) is 6.30. The lowest BCUT2D eigenvalue weighted by molar-refractivity contribution is -0.310. The van der Waals surface area contributed by atoms with E-state index in [0.717, 1.165) is 36.0 Å². The van der Waals surface area contributed by atoms with E-state index >= 15 is 0 Å². The maximum absolute atomic E-state index is 11.5. The number of benzene rings is 3. The number of unbranched alkanes of at least 4 members (excludes halogenated alkanes) is 5. The molecule has 0 spiro atoms. The van der Waals surface area contributed by atoms with Gasteiger partial charge in [-0.25, -0.2) is 0 Å². The van der Waals surface area contributed by atoms with E-state index < -0.39 is 14.0 Å². The van der Waals surface area contributed by atoms with E-state index in [9.17, 15) is 9.79 Å². The first-order chi connectivity index (χ1) is 15.2. The number of rotatable bonds is 12. The molecule has 0 unspecified atom stereocenters. The fourth-order valence-corrected chi connectivity index (χ4v) is 4.82. The molecule has 3 nitrogen and oxygen atoms in total. The van der Waals surface area contributed by atoms with Gasteiger partial charge >= 0.3 is 0 Å². The molecule has 0 aromatic heterocycles. The van der Waals surface area contributed by atoms with E-state index in [4.69, 9.17) is 4.52 Å². The highest BCUT2D eigenvalue weighted by Gasteiger charge is 2.37. The van der Waals surface area contributed by atoms with Crippen LogP contribution in [-0.2, 0) is 5.41 Å². The molecule has 0 atom stereocenters. The van der Waals surface area contributed by atoms with E-state index in [1.165, 1.54) is 25.7 Å². The smallest absolute Gasteiger partial charge is 0.124 e. The minimum Gasteiger partial charge on any atom is -0.810 e. The van der Waals surface area contributed by atoms with Crippen LogP contribution < -0.4 is 14.3 Å². The summed E-state index contributed by atoms with van der Waals surface area (Å²) in [6.45, 7) is 2.23. The maximum Gasteiger partial charge on any atom is 0.124 e. The topological polar surface area (TPSA) is 55.3 Å². The summed E-state index contributed by atoms with van der Waals surface area (Å²) in [5.41, 5.74) is 2.69. The molecule has 0 aliphatic rings. The molecule has 0 aliphatic carbocycles. The summed E-state index contributed by atoms with van der Waals surface area (Å²) in [6, 6.07) is 28.3. The van der Waals surface area contributed by atoms with Crippen molar-refractivity contribution in [2.75, 3.05) is 0 Å². The molecule has 0 radical (unpaired) electrons. The summed E-state index contributed by atoms with van der Waals surface area (Å²) in [7, 11) is -3.00. The van der Waals surface area contributed by atoms with Gasteiger partial charge in [-0.3, -0.25) is 0 Å². The van der Waals surface area contributed by atoms with Crippen molar-refractivity contribution < 1.29 is 14.3 Å². The van der Waals surface area contributed by atoms with Crippen LogP contribution in [0.2, 0.25) is 0 Å². The summed E-state index contributed by atoms with van der Waals surface area (Å²) >= 11 is 0. The first-order valence-corrected chi connectivity index (χ1v) is 12.3. The lowest BCUT2D eigenvalue weighted by Crippen LogP contribution is -2.30. The fourth-order valence-electron chi connectivity index (χ4n) is 4.50. The van der Waals surface area contributed by atoms with Crippen molar-refractivity contribution in [2.24, 2.45) is 0 Å². The standard InChI is InChI=1S/C27H31O3P/c1-2-3-4-5-6-15-22-27(23-16-9-7-10-17-23,24-18-11-8-12-19-24)25-20-13-14-21-26(25)30-31(28)29/h7-14,16-21H,2-6,15,22H2,1H3/q-2. The zero-order valence-corrected chi connectivity index (χ0v) is 19.1. The first kappa shape index (κ1) is 23.5. The van der Waals surface area contributed by atoms with Crippen LogP contribution in [0.1, 0.15) is 68.6 Å². The van der Waals surface area contributed by atoms with Crippen LogP contribution in [0.5, 0.6) is 5.75 Å². The largest absolute Gasteiger partial charge is 0.810 e. The van der Waals surface area contributed by atoms with Crippen LogP contribution in [0.4, 0.5) is 0 Å². The van der Waals surface area contributed by atoms with E-state index in [2.05, 4.69) is 31.2 Å². The highest BCUT2D eigenvalue weighted by Crippen LogP contribution is 2.47. The van der Waals surface area contributed by atoms with Crippen LogP contribution >= 0.6 is 8.60 Å². The summed E-state index contributed by atoms with van der Waals surface area (Å²) in [6.07, 6.45) is 8.06. The quantitative estimate of drug-likeness (QED) is 0.197. The van der Waals surface area contributed by atoms with Gasteiger partial charge in [0.15, 0.2) is 0 Å².